The molecule has 112 valence electrons. The molecule has 0 saturated heterocycles. The number of hydrogen-bond donors (Lipinski definition) is 2. The lowest BCUT2D eigenvalue weighted by Gasteiger charge is -2.18. The van der Waals surface area contributed by atoms with Crippen LogP contribution in [0.3, 0.4) is 0 Å². The van der Waals surface area contributed by atoms with Crippen LogP contribution in [0.4, 0.5) is 8.78 Å². The lowest BCUT2D eigenvalue weighted by Crippen LogP contribution is -2.30. The Morgan fingerprint density at radius 3 is 2.52 bits per heavy atom. The van der Waals surface area contributed by atoms with Gasteiger partial charge in [-0.2, -0.15) is 0 Å². The number of rotatable bonds is 4. The maximum atomic E-state index is 14.2. The molecule has 2 aromatic carbocycles. The van der Waals surface area contributed by atoms with Crippen LogP contribution in [-0.4, -0.2) is 0 Å². The third kappa shape index (κ3) is 3.55. The van der Waals surface area contributed by atoms with E-state index in [4.69, 9.17) is 29.0 Å². The molecular formula is C14H11BrCl2F2N2. The first-order chi connectivity index (χ1) is 9.95. The zero-order valence-corrected chi connectivity index (χ0v) is 13.7. The highest BCUT2D eigenvalue weighted by atomic mass is 79.9. The summed E-state index contributed by atoms with van der Waals surface area (Å²) in [5, 5.41) is -0.0307. The van der Waals surface area contributed by atoms with Gasteiger partial charge in [-0.15, -0.1) is 0 Å². The smallest absolute Gasteiger partial charge is 0.147 e. The largest absolute Gasteiger partial charge is 0.271 e. The maximum absolute atomic E-state index is 14.2. The molecule has 0 amide bonds. The summed E-state index contributed by atoms with van der Waals surface area (Å²) in [4.78, 5) is 0. The molecule has 0 bridgehead atoms. The van der Waals surface area contributed by atoms with Crippen molar-refractivity contribution in [1.29, 1.82) is 0 Å². The fourth-order valence-electron chi connectivity index (χ4n) is 1.99. The molecule has 0 saturated carbocycles. The van der Waals surface area contributed by atoms with Gasteiger partial charge in [0.05, 0.1) is 16.1 Å². The van der Waals surface area contributed by atoms with E-state index in [-0.39, 0.29) is 22.0 Å². The molecule has 1 unspecified atom stereocenters. The molecule has 0 aromatic heterocycles. The summed E-state index contributed by atoms with van der Waals surface area (Å²) in [6.45, 7) is 0. The van der Waals surface area contributed by atoms with Crippen LogP contribution in [0.25, 0.3) is 0 Å². The second-order valence-electron chi connectivity index (χ2n) is 4.40. The minimum Gasteiger partial charge on any atom is -0.271 e. The van der Waals surface area contributed by atoms with E-state index in [2.05, 4.69) is 21.4 Å². The molecular weight excluding hydrogens is 385 g/mol. The first-order valence-electron chi connectivity index (χ1n) is 5.98. The van der Waals surface area contributed by atoms with Gasteiger partial charge in [-0.1, -0.05) is 41.4 Å². The predicted octanol–water partition coefficient (Wildman–Crippen LogP) is 4.78. The van der Waals surface area contributed by atoms with E-state index in [1.807, 2.05) is 0 Å². The van der Waals surface area contributed by atoms with E-state index in [0.29, 0.717) is 10.0 Å². The van der Waals surface area contributed by atoms with Crippen LogP contribution >= 0.6 is 39.1 Å². The third-order valence-corrected chi connectivity index (χ3v) is 4.65. The van der Waals surface area contributed by atoms with E-state index < -0.39 is 17.7 Å². The minimum absolute atomic E-state index is 0.0116. The normalized spacial score (nSPS) is 12.5. The summed E-state index contributed by atoms with van der Waals surface area (Å²) in [6.07, 6.45) is 0.137. The van der Waals surface area contributed by atoms with Crippen molar-refractivity contribution in [3.63, 3.8) is 0 Å². The van der Waals surface area contributed by atoms with Crippen molar-refractivity contribution in [2.45, 2.75) is 12.5 Å². The molecule has 3 N–H and O–H groups in total. The summed E-state index contributed by atoms with van der Waals surface area (Å²) in [6, 6.07) is 7.16. The van der Waals surface area contributed by atoms with Crippen LogP contribution in [0.15, 0.2) is 34.8 Å². The zero-order valence-electron chi connectivity index (χ0n) is 10.6. The van der Waals surface area contributed by atoms with Crippen molar-refractivity contribution < 1.29 is 8.78 Å². The van der Waals surface area contributed by atoms with Crippen molar-refractivity contribution in [2.24, 2.45) is 5.84 Å². The fraction of sp³-hybridized carbons (Fsp3) is 0.143. The molecule has 0 aliphatic rings. The molecule has 1 atom stereocenters. The summed E-state index contributed by atoms with van der Waals surface area (Å²) in [5.41, 5.74) is 3.07. The van der Waals surface area contributed by atoms with Gasteiger partial charge in [0.2, 0.25) is 0 Å². The molecule has 2 nitrogen and oxygen atoms in total. The van der Waals surface area contributed by atoms with Gasteiger partial charge in [0.1, 0.15) is 11.6 Å². The topological polar surface area (TPSA) is 38.0 Å². The van der Waals surface area contributed by atoms with Gasteiger partial charge in [0.25, 0.3) is 0 Å². The van der Waals surface area contributed by atoms with Gasteiger partial charge in [-0.05, 0) is 40.0 Å². The van der Waals surface area contributed by atoms with Crippen molar-refractivity contribution in [2.75, 3.05) is 0 Å². The number of nitrogens with two attached hydrogens (primary N) is 1. The van der Waals surface area contributed by atoms with Crippen LogP contribution in [0.1, 0.15) is 17.2 Å². The van der Waals surface area contributed by atoms with Gasteiger partial charge in [-0.3, -0.25) is 11.3 Å². The van der Waals surface area contributed by atoms with Gasteiger partial charge >= 0.3 is 0 Å². The average molecular weight is 396 g/mol. The molecule has 0 fully saturated rings. The van der Waals surface area contributed by atoms with Crippen LogP contribution < -0.4 is 11.3 Å². The fourth-order valence-corrected chi connectivity index (χ4v) is 2.67. The highest BCUT2D eigenvalue weighted by Crippen LogP contribution is 2.32. The Bertz CT molecular complexity index is 668. The molecule has 21 heavy (non-hydrogen) atoms. The van der Waals surface area contributed by atoms with Gasteiger partial charge in [0.15, 0.2) is 0 Å². The monoisotopic (exact) mass is 394 g/mol. The SMILES string of the molecule is NNC(Cc1cccc(Cl)c1F)c1ccc(Br)c(Cl)c1F. The van der Waals surface area contributed by atoms with Crippen LogP contribution in [0, 0.1) is 11.6 Å². The van der Waals surface area contributed by atoms with Crippen LogP contribution in [0.2, 0.25) is 10.0 Å². The molecule has 2 aromatic rings. The number of hydrogen-bond acceptors (Lipinski definition) is 2. The summed E-state index contributed by atoms with van der Waals surface area (Å²) >= 11 is 14.7. The van der Waals surface area contributed by atoms with Crippen molar-refractivity contribution in [3.05, 3.63) is 67.6 Å². The standard InChI is InChI=1S/C14H11BrCl2F2N2/c15-9-5-4-8(14(19)12(9)17)11(21-20)6-7-2-1-3-10(16)13(7)18/h1-5,11,21H,6,20H2. The Labute approximate surface area is 139 Å². The minimum atomic E-state index is -0.636. The molecule has 0 heterocycles. The Morgan fingerprint density at radius 2 is 1.86 bits per heavy atom. The van der Waals surface area contributed by atoms with Gasteiger partial charge in [0, 0.05) is 10.0 Å². The second-order valence-corrected chi connectivity index (χ2v) is 6.04. The van der Waals surface area contributed by atoms with E-state index >= 15 is 0 Å². The second kappa shape index (κ2) is 7.03. The van der Waals surface area contributed by atoms with E-state index in [0.717, 1.165) is 0 Å². The van der Waals surface area contributed by atoms with E-state index in [1.54, 1.807) is 18.2 Å². The Balaban J connectivity index is 2.37. The highest BCUT2D eigenvalue weighted by Gasteiger charge is 2.20. The molecule has 2 rings (SSSR count). The zero-order chi connectivity index (χ0) is 15.6. The Kier molecular flexibility index (Phi) is 5.57. The van der Waals surface area contributed by atoms with E-state index in [9.17, 15) is 8.78 Å². The molecule has 0 radical (unpaired) electrons. The average Bonchev–Trinajstić information content (AvgIpc) is 2.47. The van der Waals surface area contributed by atoms with Gasteiger partial charge < -0.3 is 0 Å². The number of nitrogens with one attached hydrogen (secondary N) is 1. The first-order valence-corrected chi connectivity index (χ1v) is 7.53. The number of hydrazine groups is 1. The molecule has 7 heteroatoms. The van der Waals surface area contributed by atoms with E-state index in [1.165, 1.54) is 12.1 Å². The van der Waals surface area contributed by atoms with Crippen LogP contribution in [0.5, 0.6) is 0 Å². The first kappa shape index (κ1) is 16.6. The highest BCUT2D eigenvalue weighted by molar-refractivity contribution is 9.10. The molecule has 0 aliphatic carbocycles. The Hall–Kier alpha value is -0.720. The Morgan fingerprint density at radius 1 is 1.14 bits per heavy atom. The maximum Gasteiger partial charge on any atom is 0.147 e. The lowest BCUT2D eigenvalue weighted by molar-refractivity contribution is 0.498. The summed E-state index contributed by atoms with van der Waals surface area (Å²) in [7, 11) is 0. The lowest BCUT2D eigenvalue weighted by atomic mass is 9.98. The molecule has 0 spiro atoms. The van der Waals surface area contributed by atoms with Gasteiger partial charge in [-0.25, -0.2) is 8.78 Å². The van der Waals surface area contributed by atoms with Crippen LogP contribution in [-0.2, 0) is 6.42 Å². The summed E-state index contributed by atoms with van der Waals surface area (Å²) in [5.74, 6) is 4.33. The molecule has 0 aliphatic heterocycles. The summed E-state index contributed by atoms with van der Waals surface area (Å²) < 4.78 is 28.6. The third-order valence-electron chi connectivity index (χ3n) is 3.10. The van der Waals surface area contributed by atoms with Crippen molar-refractivity contribution in [3.8, 4) is 0 Å². The number of benzene rings is 2. The van der Waals surface area contributed by atoms with Crippen molar-refractivity contribution in [1.82, 2.24) is 5.43 Å². The quantitative estimate of drug-likeness (QED) is 0.444. The predicted molar refractivity (Wildman–Crippen MR) is 84.3 cm³/mol. The number of halogens is 5. The van der Waals surface area contributed by atoms with Crippen molar-refractivity contribution >= 4 is 39.1 Å².